The zero-order valence-electron chi connectivity index (χ0n) is 7.95. The first-order valence-electron chi connectivity index (χ1n) is 4.09. The predicted molar refractivity (Wildman–Crippen MR) is 53.3 cm³/mol. The number of rotatable bonds is 4. The van der Waals surface area contributed by atoms with Gasteiger partial charge in [-0.1, -0.05) is 12.1 Å². The quantitative estimate of drug-likeness (QED) is 0.844. The van der Waals surface area contributed by atoms with Crippen molar-refractivity contribution in [3.63, 3.8) is 0 Å². The second-order valence-corrected chi connectivity index (χ2v) is 2.81. The Hall–Kier alpha value is -1.01. The summed E-state index contributed by atoms with van der Waals surface area (Å²) in [5, 5.41) is 0. The van der Waals surface area contributed by atoms with E-state index in [1.54, 1.807) is 0 Å². The molecule has 0 aliphatic rings. The number of halogens is 5. The van der Waals surface area contributed by atoms with Gasteiger partial charge in [0, 0.05) is 0 Å². The molecule has 2 nitrogen and oxygen atoms in total. The first kappa shape index (κ1) is 15.0. The number of hydrogen-bond donors (Lipinski definition) is 1. The molecule has 0 unspecified atom stereocenters. The average molecular weight is 260 g/mol. The Labute approximate surface area is 95.8 Å². The highest BCUT2D eigenvalue weighted by molar-refractivity contribution is 5.85. The second-order valence-electron chi connectivity index (χ2n) is 2.81. The molecule has 0 spiro atoms. The summed E-state index contributed by atoms with van der Waals surface area (Å²) in [6, 6.07) is 3.48. The number of benzene rings is 1. The van der Waals surface area contributed by atoms with Gasteiger partial charge in [0.1, 0.15) is 5.75 Å². The van der Waals surface area contributed by atoms with Crippen molar-refractivity contribution in [2.24, 2.45) is 5.73 Å². The molecule has 0 saturated carbocycles. The highest BCUT2D eigenvalue weighted by atomic mass is 35.5. The SMILES string of the molecule is Cl.N[C@H](c1cccc(OC(F)F)c1)C(F)F. The summed E-state index contributed by atoms with van der Waals surface area (Å²) in [6.45, 7) is -2.98. The smallest absolute Gasteiger partial charge is 0.387 e. The van der Waals surface area contributed by atoms with Crippen molar-refractivity contribution in [2.75, 3.05) is 0 Å². The minimum Gasteiger partial charge on any atom is -0.435 e. The van der Waals surface area contributed by atoms with Gasteiger partial charge in [-0.25, -0.2) is 8.78 Å². The van der Waals surface area contributed by atoms with Crippen LogP contribution in [0.25, 0.3) is 0 Å². The van der Waals surface area contributed by atoms with E-state index in [1.807, 2.05) is 0 Å². The maximum Gasteiger partial charge on any atom is 0.387 e. The largest absolute Gasteiger partial charge is 0.435 e. The fraction of sp³-hybridized carbons (Fsp3) is 0.333. The lowest BCUT2D eigenvalue weighted by atomic mass is 10.1. The van der Waals surface area contributed by atoms with Crippen molar-refractivity contribution >= 4 is 12.4 Å². The molecule has 1 atom stereocenters. The van der Waals surface area contributed by atoms with Gasteiger partial charge in [0.2, 0.25) is 0 Å². The van der Waals surface area contributed by atoms with Gasteiger partial charge in [0.05, 0.1) is 6.04 Å². The molecule has 16 heavy (non-hydrogen) atoms. The minimum atomic E-state index is -2.98. The van der Waals surface area contributed by atoms with Crippen LogP contribution in [0.5, 0.6) is 5.75 Å². The Morgan fingerprint density at radius 3 is 2.25 bits per heavy atom. The summed E-state index contributed by atoms with van der Waals surface area (Å²) < 4.78 is 52.1. The van der Waals surface area contributed by atoms with Crippen LogP contribution in [0.15, 0.2) is 24.3 Å². The van der Waals surface area contributed by atoms with Gasteiger partial charge in [-0.05, 0) is 17.7 Å². The second kappa shape index (κ2) is 6.55. The Bertz CT molecular complexity index is 324. The van der Waals surface area contributed by atoms with E-state index in [-0.39, 0.29) is 23.7 Å². The summed E-state index contributed by atoms with van der Waals surface area (Å²) in [5.74, 6) is -0.182. The van der Waals surface area contributed by atoms with Gasteiger partial charge in [0.15, 0.2) is 0 Å². The Morgan fingerprint density at radius 2 is 1.75 bits per heavy atom. The van der Waals surface area contributed by atoms with Gasteiger partial charge in [0.25, 0.3) is 6.43 Å². The minimum absolute atomic E-state index is 0. The van der Waals surface area contributed by atoms with Crippen LogP contribution in [0, 0.1) is 0 Å². The van der Waals surface area contributed by atoms with Crippen molar-refractivity contribution in [1.29, 1.82) is 0 Å². The molecular formula is C9H10ClF4NO. The third-order valence-electron chi connectivity index (χ3n) is 1.74. The van der Waals surface area contributed by atoms with E-state index in [4.69, 9.17) is 5.73 Å². The van der Waals surface area contributed by atoms with E-state index >= 15 is 0 Å². The lowest BCUT2D eigenvalue weighted by Gasteiger charge is -2.12. The topological polar surface area (TPSA) is 35.2 Å². The Kier molecular flexibility index (Phi) is 6.13. The van der Waals surface area contributed by atoms with E-state index in [1.165, 1.54) is 18.2 Å². The standard InChI is InChI=1S/C9H9F4NO.ClH/c10-8(11)7(14)5-2-1-3-6(4-5)15-9(12)13;/h1-4,7-9H,14H2;1H/t7-;/m1./s1. The maximum atomic E-state index is 12.2. The van der Waals surface area contributed by atoms with Crippen LogP contribution in [0.2, 0.25) is 0 Å². The molecule has 7 heteroatoms. The molecule has 0 aliphatic carbocycles. The van der Waals surface area contributed by atoms with Gasteiger partial charge >= 0.3 is 6.61 Å². The van der Waals surface area contributed by atoms with E-state index < -0.39 is 19.1 Å². The first-order valence-corrected chi connectivity index (χ1v) is 4.09. The maximum absolute atomic E-state index is 12.2. The molecule has 0 amide bonds. The molecule has 0 aromatic heterocycles. The summed E-state index contributed by atoms with van der Waals surface area (Å²) in [5.41, 5.74) is 5.20. The normalized spacial score (nSPS) is 12.4. The molecule has 0 saturated heterocycles. The summed E-state index contributed by atoms with van der Waals surface area (Å²) in [4.78, 5) is 0. The molecule has 0 radical (unpaired) electrons. The monoisotopic (exact) mass is 259 g/mol. The number of alkyl halides is 4. The van der Waals surface area contributed by atoms with Gasteiger partial charge in [-0.15, -0.1) is 12.4 Å². The highest BCUT2D eigenvalue weighted by Crippen LogP contribution is 2.23. The van der Waals surface area contributed by atoms with Crippen LogP contribution in [0.4, 0.5) is 17.6 Å². The van der Waals surface area contributed by atoms with Crippen LogP contribution in [-0.2, 0) is 0 Å². The van der Waals surface area contributed by atoms with Crippen molar-refractivity contribution in [2.45, 2.75) is 19.1 Å². The third-order valence-corrected chi connectivity index (χ3v) is 1.74. The first-order chi connectivity index (χ1) is 7.00. The van der Waals surface area contributed by atoms with Crippen LogP contribution < -0.4 is 10.5 Å². The Balaban J connectivity index is 0.00000225. The molecule has 0 bridgehead atoms. The van der Waals surface area contributed by atoms with Crippen molar-refractivity contribution in [3.05, 3.63) is 29.8 Å². The summed E-state index contributed by atoms with van der Waals surface area (Å²) >= 11 is 0. The van der Waals surface area contributed by atoms with Crippen LogP contribution in [-0.4, -0.2) is 13.0 Å². The molecule has 1 aromatic rings. The summed E-state index contributed by atoms with van der Waals surface area (Å²) in [6.07, 6.45) is -2.74. The molecule has 0 aliphatic heterocycles. The summed E-state index contributed by atoms with van der Waals surface area (Å²) in [7, 11) is 0. The van der Waals surface area contributed by atoms with Crippen LogP contribution in [0.1, 0.15) is 11.6 Å². The Morgan fingerprint density at radius 1 is 1.12 bits per heavy atom. The van der Waals surface area contributed by atoms with Gasteiger partial charge in [-0.2, -0.15) is 8.78 Å². The number of hydrogen-bond acceptors (Lipinski definition) is 2. The zero-order valence-corrected chi connectivity index (χ0v) is 8.76. The van der Waals surface area contributed by atoms with Gasteiger partial charge < -0.3 is 10.5 Å². The van der Waals surface area contributed by atoms with Crippen molar-refractivity contribution < 1.29 is 22.3 Å². The fourth-order valence-electron chi connectivity index (χ4n) is 1.04. The van der Waals surface area contributed by atoms with Crippen molar-refractivity contribution in [3.8, 4) is 5.75 Å². The van der Waals surface area contributed by atoms with E-state index in [9.17, 15) is 17.6 Å². The molecular weight excluding hydrogens is 250 g/mol. The number of nitrogens with two attached hydrogens (primary N) is 1. The lowest BCUT2D eigenvalue weighted by molar-refractivity contribution is -0.0499. The number of ether oxygens (including phenoxy) is 1. The van der Waals surface area contributed by atoms with Crippen LogP contribution in [0.3, 0.4) is 0 Å². The van der Waals surface area contributed by atoms with E-state index in [2.05, 4.69) is 4.74 Å². The predicted octanol–water partition coefficient (Wildman–Crippen LogP) is 2.97. The third kappa shape index (κ3) is 4.24. The van der Waals surface area contributed by atoms with Crippen molar-refractivity contribution in [1.82, 2.24) is 0 Å². The zero-order chi connectivity index (χ0) is 11.4. The molecule has 0 fully saturated rings. The molecule has 2 N–H and O–H groups in total. The van der Waals surface area contributed by atoms with E-state index in [0.29, 0.717) is 0 Å². The fourth-order valence-corrected chi connectivity index (χ4v) is 1.04. The molecule has 1 aromatic carbocycles. The van der Waals surface area contributed by atoms with Gasteiger partial charge in [-0.3, -0.25) is 0 Å². The van der Waals surface area contributed by atoms with Crippen LogP contribution >= 0.6 is 12.4 Å². The van der Waals surface area contributed by atoms with E-state index in [0.717, 1.165) is 6.07 Å². The molecule has 0 heterocycles. The molecule has 1 rings (SSSR count). The highest BCUT2D eigenvalue weighted by Gasteiger charge is 2.18. The lowest BCUT2D eigenvalue weighted by Crippen LogP contribution is -2.18. The average Bonchev–Trinajstić information content (AvgIpc) is 2.16. The molecule has 92 valence electrons.